The molecule has 0 aliphatic rings. The van der Waals surface area contributed by atoms with E-state index < -0.39 is 5.91 Å². The fraction of sp³-hybridized carbons (Fsp3) is 0.261. The van der Waals surface area contributed by atoms with Gasteiger partial charge in [-0.25, -0.2) is 4.68 Å². The Kier molecular flexibility index (Phi) is 8.01. The fourth-order valence-electron chi connectivity index (χ4n) is 3.27. The van der Waals surface area contributed by atoms with Gasteiger partial charge in [-0.15, -0.1) is 0 Å². The van der Waals surface area contributed by atoms with E-state index >= 15 is 0 Å². The first kappa shape index (κ1) is 23.8. The van der Waals surface area contributed by atoms with E-state index in [0.717, 1.165) is 5.56 Å². The van der Waals surface area contributed by atoms with Crippen LogP contribution in [-0.2, 0) is 22.6 Å². The summed E-state index contributed by atoms with van der Waals surface area (Å²) in [5.41, 5.74) is 14.2. The number of anilines is 1. The minimum absolute atomic E-state index is 0.145. The van der Waals surface area contributed by atoms with Crippen LogP contribution in [0.25, 0.3) is 11.3 Å². The summed E-state index contributed by atoms with van der Waals surface area (Å²) >= 11 is 0. The third-order valence-electron chi connectivity index (χ3n) is 4.92. The van der Waals surface area contributed by atoms with Crippen molar-refractivity contribution in [3.05, 3.63) is 65.2 Å². The lowest BCUT2D eigenvalue weighted by Crippen LogP contribution is -2.23. The maximum atomic E-state index is 12.5. The Bertz CT molecular complexity index is 1110. The molecular formula is C23H27N5O5. The molecule has 33 heavy (non-hydrogen) atoms. The van der Waals surface area contributed by atoms with E-state index in [1.165, 1.54) is 18.9 Å². The molecule has 10 nitrogen and oxygen atoms in total. The number of carbonyl (C=O) groups excluding carboxylic acids is 2. The van der Waals surface area contributed by atoms with E-state index in [4.69, 9.17) is 25.7 Å². The summed E-state index contributed by atoms with van der Waals surface area (Å²) < 4.78 is 16.8. The predicted molar refractivity (Wildman–Crippen MR) is 123 cm³/mol. The van der Waals surface area contributed by atoms with Gasteiger partial charge in [0.2, 0.25) is 0 Å². The molecular weight excluding hydrogens is 426 g/mol. The van der Waals surface area contributed by atoms with E-state index in [0.29, 0.717) is 42.3 Å². The van der Waals surface area contributed by atoms with Gasteiger partial charge in [0.25, 0.3) is 11.8 Å². The van der Waals surface area contributed by atoms with E-state index in [1.54, 1.807) is 36.4 Å². The number of methoxy groups -OCH3 is 2. The van der Waals surface area contributed by atoms with Gasteiger partial charge in [-0.2, -0.15) is 5.10 Å². The minimum atomic E-state index is -0.667. The van der Waals surface area contributed by atoms with E-state index in [9.17, 15) is 9.59 Å². The number of nitrogens with two attached hydrogens (primary N) is 2. The van der Waals surface area contributed by atoms with Gasteiger partial charge in [0.05, 0.1) is 25.8 Å². The molecule has 3 rings (SSSR count). The van der Waals surface area contributed by atoms with Crippen LogP contribution in [0.15, 0.2) is 48.5 Å². The minimum Gasteiger partial charge on any atom is -0.496 e. The second-order valence-corrected chi connectivity index (χ2v) is 7.09. The molecule has 0 saturated heterocycles. The van der Waals surface area contributed by atoms with Crippen molar-refractivity contribution in [2.45, 2.75) is 13.1 Å². The van der Waals surface area contributed by atoms with E-state index in [-0.39, 0.29) is 24.1 Å². The van der Waals surface area contributed by atoms with Crippen LogP contribution < -0.4 is 21.5 Å². The zero-order chi connectivity index (χ0) is 23.8. The van der Waals surface area contributed by atoms with Crippen LogP contribution in [0.3, 0.4) is 0 Å². The Balaban J connectivity index is 1.72. The lowest BCUT2D eigenvalue weighted by molar-refractivity contribution is -0.0335. The molecule has 0 saturated carbocycles. The number of hydrogen-bond acceptors (Lipinski definition) is 7. The van der Waals surface area contributed by atoms with Crippen LogP contribution in [0.5, 0.6) is 5.75 Å². The number of primary amides is 1. The number of amides is 2. The number of nitrogens with zero attached hydrogens (tertiary/aromatic N) is 2. The van der Waals surface area contributed by atoms with Crippen LogP contribution in [0.1, 0.15) is 26.3 Å². The Labute approximate surface area is 191 Å². The monoisotopic (exact) mass is 453 g/mol. The molecule has 3 aromatic rings. The van der Waals surface area contributed by atoms with Gasteiger partial charge in [0, 0.05) is 19.2 Å². The summed E-state index contributed by atoms with van der Waals surface area (Å²) in [6.07, 6.45) is 0. The maximum absolute atomic E-state index is 12.5. The van der Waals surface area contributed by atoms with Crippen molar-refractivity contribution >= 4 is 17.6 Å². The first-order valence-electron chi connectivity index (χ1n) is 10.2. The molecule has 5 N–H and O–H groups in total. The molecule has 0 unspecified atom stereocenters. The van der Waals surface area contributed by atoms with Gasteiger partial charge >= 0.3 is 0 Å². The van der Waals surface area contributed by atoms with Crippen LogP contribution in [-0.4, -0.2) is 49.2 Å². The highest BCUT2D eigenvalue weighted by molar-refractivity contribution is 6.03. The van der Waals surface area contributed by atoms with Gasteiger partial charge in [-0.05, 0) is 17.7 Å². The number of carbonyl (C=O) groups is 2. The molecule has 2 amide bonds. The topological polar surface area (TPSA) is 144 Å². The number of aromatic nitrogens is 2. The van der Waals surface area contributed by atoms with Crippen molar-refractivity contribution in [1.82, 2.24) is 15.1 Å². The molecule has 2 aromatic carbocycles. The Morgan fingerprint density at radius 2 is 1.82 bits per heavy atom. The first-order chi connectivity index (χ1) is 16.0. The predicted octanol–water partition coefficient (Wildman–Crippen LogP) is 1.79. The number of para-hydroxylation sites is 1. The second-order valence-electron chi connectivity index (χ2n) is 7.09. The zero-order valence-electron chi connectivity index (χ0n) is 18.5. The summed E-state index contributed by atoms with van der Waals surface area (Å²) in [5.74, 6) is -0.230. The molecule has 0 spiro atoms. The Morgan fingerprint density at radius 3 is 2.48 bits per heavy atom. The molecule has 10 heteroatoms. The summed E-state index contributed by atoms with van der Waals surface area (Å²) in [5, 5.41) is 7.32. The maximum Gasteiger partial charge on any atom is 0.255 e. The molecule has 1 aromatic heterocycles. The molecule has 0 bridgehead atoms. The van der Waals surface area contributed by atoms with E-state index in [1.807, 2.05) is 12.1 Å². The van der Waals surface area contributed by atoms with E-state index in [2.05, 4.69) is 10.4 Å². The molecule has 0 aliphatic carbocycles. The highest BCUT2D eigenvalue weighted by Gasteiger charge is 2.21. The molecule has 0 atom stereocenters. The smallest absolute Gasteiger partial charge is 0.255 e. The van der Waals surface area contributed by atoms with Crippen LogP contribution in [0.4, 0.5) is 5.82 Å². The van der Waals surface area contributed by atoms with Crippen molar-refractivity contribution in [2.75, 3.05) is 33.4 Å². The average Bonchev–Trinajstić information content (AvgIpc) is 3.16. The molecule has 0 radical (unpaired) electrons. The van der Waals surface area contributed by atoms with Gasteiger partial charge in [-0.1, -0.05) is 36.4 Å². The zero-order valence-corrected chi connectivity index (χ0v) is 18.5. The fourth-order valence-corrected chi connectivity index (χ4v) is 3.27. The van der Waals surface area contributed by atoms with Crippen LogP contribution in [0, 0.1) is 0 Å². The Morgan fingerprint density at radius 1 is 1.09 bits per heavy atom. The number of hydrogen-bond donors (Lipinski definition) is 3. The number of benzene rings is 2. The lowest BCUT2D eigenvalue weighted by atomic mass is 10.0. The molecule has 0 fully saturated rings. The van der Waals surface area contributed by atoms with Gasteiger partial charge < -0.3 is 31.0 Å². The number of nitrogen functional groups attached to an aromatic ring is 1. The quantitative estimate of drug-likeness (QED) is 0.297. The summed E-state index contributed by atoms with van der Waals surface area (Å²) in [7, 11) is 3.05. The summed E-state index contributed by atoms with van der Waals surface area (Å²) in [6.45, 7) is 1.10. The van der Waals surface area contributed by atoms with Gasteiger partial charge in [0.1, 0.15) is 29.6 Å². The van der Waals surface area contributed by atoms with Crippen molar-refractivity contribution in [2.24, 2.45) is 5.73 Å². The molecule has 174 valence electrons. The van der Waals surface area contributed by atoms with Crippen LogP contribution >= 0.6 is 0 Å². The van der Waals surface area contributed by atoms with Crippen molar-refractivity contribution in [1.29, 1.82) is 0 Å². The molecule has 1 heterocycles. The number of ether oxygens (including phenoxy) is 3. The highest BCUT2D eigenvalue weighted by Crippen LogP contribution is 2.27. The average molecular weight is 453 g/mol. The van der Waals surface area contributed by atoms with Gasteiger partial charge in [0.15, 0.2) is 0 Å². The summed E-state index contributed by atoms with van der Waals surface area (Å²) in [6, 6.07) is 14.3. The lowest BCUT2D eigenvalue weighted by Gasteiger charge is -2.09. The largest absolute Gasteiger partial charge is 0.496 e. The number of rotatable bonds is 11. The van der Waals surface area contributed by atoms with Gasteiger partial charge in [-0.3, -0.25) is 9.59 Å². The van der Waals surface area contributed by atoms with Crippen molar-refractivity contribution in [3.63, 3.8) is 0 Å². The van der Waals surface area contributed by atoms with Crippen LogP contribution in [0.2, 0.25) is 0 Å². The molecule has 0 aliphatic heterocycles. The summed E-state index contributed by atoms with van der Waals surface area (Å²) in [4.78, 5) is 24.5. The Hall–Kier alpha value is -3.89. The first-order valence-corrected chi connectivity index (χ1v) is 10.2. The van der Waals surface area contributed by atoms with Crippen molar-refractivity contribution in [3.8, 4) is 17.0 Å². The van der Waals surface area contributed by atoms with Crippen molar-refractivity contribution < 1.29 is 23.8 Å². The normalized spacial score (nSPS) is 10.7. The third kappa shape index (κ3) is 5.68. The second kappa shape index (κ2) is 11.1. The highest BCUT2D eigenvalue weighted by atomic mass is 16.7. The SMILES string of the molecule is COCOCCn1nc(-c2ccc(CNC(=O)c3ccccc3OC)cc2)c(C(N)=O)c1N. The standard InChI is InChI=1S/C23H27N5O5/c1-31-14-33-12-11-28-21(24)19(22(25)29)20(27-28)16-9-7-15(8-10-16)13-26-23(30)17-5-3-4-6-18(17)32-2/h3-10H,11-14,24H2,1-2H3,(H2,25,29)(H,26,30). The number of nitrogens with one attached hydrogen (secondary N) is 1. The third-order valence-corrected chi connectivity index (χ3v) is 4.92.